The summed E-state index contributed by atoms with van der Waals surface area (Å²) >= 11 is 2.27. The highest BCUT2D eigenvalue weighted by Crippen LogP contribution is 2.46. The molecule has 4 nitrogen and oxygen atoms in total. The van der Waals surface area contributed by atoms with E-state index in [1.165, 1.54) is 17.2 Å². The molecule has 0 aliphatic carbocycles. The molecule has 0 aromatic carbocycles. The summed E-state index contributed by atoms with van der Waals surface area (Å²) in [6, 6.07) is 0. The Morgan fingerprint density at radius 3 is 2.04 bits per heavy atom. The first-order valence-corrected chi connectivity index (χ1v) is 13.6. The Balaban J connectivity index is 2.53. The van der Waals surface area contributed by atoms with E-state index >= 15 is 0 Å². The van der Waals surface area contributed by atoms with Gasteiger partial charge in [0, 0.05) is 5.41 Å². The van der Waals surface area contributed by atoms with E-state index in [0.29, 0.717) is 17.1 Å². The van der Waals surface area contributed by atoms with Crippen LogP contribution in [-0.2, 0) is 19.7 Å². The minimum Gasteiger partial charge on any atom is -0.224 e. The highest BCUT2D eigenvalue weighted by Gasteiger charge is 2.25. The zero-order valence-corrected chi connectivity index (χ0v) is 17.8. The molecule has 8 heteroatoms. The fourth-order valence-corrected chi connectivity index (χ4v) is 8.56. The number of hydrogen-bond donors (Lipinski definition) is 0. The second kappa shape index (κ2) is 10.9. The van der Waals surface area contributed by atoms with E-state index in [1.807, 2.05) is 0 Å². The van der Waals surface area contributed by atoms with Gasteiger partial charge in [-0.25, -0.2) is 16.8 Å². The lowest BCUT2D eigenvalue weighted by molar-refractivity contribution is 0.595. The quantitative estimate of drug-likeness (QED) is 0.418. The van der Waals surface area contributed by atoms with Crippen LogP contribution in [-0.4, -0.2) is 28.3 Å². The van der Waals surface area contributed by atoms with Crippen molar-refractivity contribution in [3.63, 3.8) is 0 Å². The molecular weight excluding hydrogens is 384 g/mol. The summed E-state index contributed by atoms with van der Waals surface area (Å²) in [7, 11) is -6.56. The van der Waals surface area contributed by atoms with Crippen molar-refractivity contribution in [3.8, 4) is 0 Å². The minimum atomic E-state index is -3.29. The molecule has 0 radical (unpaired) electrons. The molecule has 0 aromatic heterocycles. The third kappa shape index (κ3) is 8.45. The van der Waals surface area contributed by atoms with Crippen molar-refractivity contribution in [2.45, 2.75) is 65.2 Å². The number of rotatable bonds is 12. The number of unbranched alkanes of at least 4 members (excludes halogenated alkanes) is 6. The molecule has 1 aliphatic rings. The van der Waals surface area contributed by atoms with E-state index in [0.717, 1.165) is 50.3 Å². The van der Waals surface area contributed by atoms with E-state index in [1.54, 1.807) is 5.41 Å². The van der Waals surface area contributed by atoms with Gasteiger partial charge in [-0.2, -0.15) is 0 Å². The van der Waals surface area contributed by atoms with E-state index in [4.69, 9.17) is 0 Å². The minimum absolute atomic E-state index is 0.136. The van der Waals surface area contributed by atoms with Crippen LogP contribution in [0, 0.1) is 0 Å². The van der Waals surface area contributed by atoms with Gasteiger partial charge in [0.15, 0.2) is 19.7 Å². The summed E-state index contributed by atoms with van der Waals surface area (Å²) in [4.78, 5) is 0. The van der Waals surface area contributed by atoms with Crippen LogP contribution in [0.1, 0.15) is 65.2 Å². The first kappa shape index (κ1) is 22.1. The van der Waals surface area contributed by atoms with Crippen LogP contribution in [0.2, 0.25) is 0 Å². The van der Waals surface area contributed by atoms with E-state index in [2.05, 4.69) is 13.8 Å². The molecule has 0 aromatic rings. The van der Waals surface area contributed by atoms with Crippen molar-refractivity contribution in [1.82, 2.24) is 0 Å². The van der Waals surface area contributed by atoms with Gasteiger partial charge in [0.25, 0.3) is 0 Å². The second-order valence-electron chi connectivity index (χ2n) is 5.90. The average molecular weight is 413 g/mol. The van der Waals surface area contributed by atoms with Gasteiger partial charge < -0.3 is 0 Å². The fourth-order valence-electron chi connectivity index (χ4n) is 2.20. The topological polar surface area (TPSA) is 68.3 Å². The van der Waals surface area contributed by atoms with Gasteiger partial charge >= 0.3 is 0 Å². The SMILES string of the molecule is CCCCCCS(=O)(=O)/C=C1/SC=C(S(=O)(=O)CCCCCC)S1. The number of thioether (sulfide) groups is 2. The van der Waals surface area contributed by atoms with Crippen molar-refractivity contribution in [3.05, 3.63) is 19.3 Å². The fraction of sp³-hybridized carbons (Fsp3) is 0.750. The van der Waals surface area contributed by atoms with E-state index in [9.17, 15) is 16.8 Å². The van der Waals surface area contributed by atoms with Crippen LogP contribution >= 0.6 is 23.5 Å². The van der Waals surface area contributed by atoms with Gasteiger partial charge in [0.05, 0.1) is 21.2 Å². The second-order valence-corrected chi connectivity index (χ2v) is 12.5. The molecule has 0 saturated heterocycles. The number of sulfone groups is 2. The normalized spacial score (nSPS) is 17.4. The van der Waals surface area contributed by atoms with Crippen LogP contribution in [0.3, 0.4) is 0 Å². The molecule has 0 unspecified atom stereocenters. The summed E-state index contributed by atoms with van der Waals surface area (Å²) in [5.74, 6) is 0.278. The molecule has 0 spiro atoms. The molecule has 0 amide bonds. The lowest BCUT2D eigenvalue weighted by Gasteiger charge is -2.04. The number of hydrogen-bond acceptors (Lipinski definition) is 6. The summed E-state index contributed by atoms with van der Waals surface area (Å²) in [5, 5.41) is 2.81. The van der Waals surface area contributed by atoms with Gasteiger partial charge in [0.2, 0.25) is 0 Å². The molecule has 0 saturated carbocycles. The highest BCUT2D eigenvalue weighted by atomic mass is 32.3. The Hall–Kier alpha value is 0.0800. The molecule has 24 heavy (non-hydrogen) atoms. The van der Waals surface area contributed by atoms with Gasteiger partial charge in [0.1, 0.15) is 4.24 Å². The predicted molar refractivity (Wildman–Crippen MR) is 107 cm³/mol. The first-order chi connectivity index (χ1) is 11.3. The van der Waals surface area contributed by atoms with Crippen LogP contribution in [0.25, 0.3) is 0 Å². The Kier molecular flexibility index (Phi) is 10.1. The Morgan fingerprint density at radius 1 is 0.875 bits per heavy atom. The molecule has 0 N–H and O–H groups in total. The average Bonchev–Trinajstić information content (AvgIpc) is 2.97. The first-order valence-electron chi connectivity index (χ1n) is 8.52. The van der Waals surface area contributed by atoms with Crippen LogP contribution in [0.5, 0.6) is 0 Å². The maximum absolute atomic E-state index is 12.3. The van der Waals surface area contributed by atoms with Crippen molar-refractivity contribution in [1.29, 1.82) is 0 Å². The summed E-state index contributed by atoms with van der Waals surface area (Å²) in [6.07, 6.45) is 7.35. The molecule has 140 valence electrons. The standard InChI is InChI=1S/C16H28O4S4/c1-3-5-7-9-11-23(17,18)14-15-21-13-16(22-15)24(19,20)12-10-8-6-4-2/h13-14H,3-12H2,1-2H3/b15-14-. The zero-order valence-electron chi connectivity index (χ0n) is 14.5. The highest BCUT2D eigenvalue weighted by molar-refractivity contribution is 8.34. The molecule has 0 atom stereocenters. The molecule has 0 fully saturated rings. The lowest BCUT2D eigenvalue weighted by atomic mass is 10.2. The van der Waals surface area contributed by atoms with Crippen LogP contribution in [0.4, 0.5) is 0 Å². The smallest absolute Gasteiger partial charge is 0.185 e. The third-order valence-electron chi connectivity index (χ3n) is 3.60. The zero-order chi connectivity index (χ0) is 18.1. The Labute approximate surface area is 155 Å². The molecule has 0 bridgehead atoms. The maximum atomic E-state index is 12.3. The summed E-state index contributed by atoms with van der Waals surface area (Å²) < 4.78 is 49.5. The van der Waals surface area contributed by atoms with Crippen molar-refractivity contribution in [2.24, 2.45) is 0 Å². The largest absolute Gasteiger partial charge is 0.224 e. The molecule has 1 rings (SSSR count). The Morgan fingerprint density at radius 2 is 1.46 bits per heavy atom. The van der Waals surface area contributed by atoms with Crippen molar-refractivity contribution < 1.29 is 16.8 Å². The van der Waals surface area contributed by atoms with Crippen LogP contribution in [0.15, 0.2) is 19.3 Å². The molecule has 1 aliphatic heterocycles. The molecule has 1 heterocycles. The maximum Gasteiger partial charge on any atom is 0.185 e. The van der Waals surface area contributed by atoms with Gasteiger partial charge in [-0.1, -0.05) is 75.9 Å². The monoisotopic (exact) mass is 412 g/mol. The van der Waals surface area contributed by atoms with Crippen LogP contribution < -0.4 is 0 Å². The van der Waals surface area contributed by atoms with E-state index in [-0.39, 0.29) is 15.7 Å². The lowest BCUT2D eigenvalue weighted by Crippen LogP contribution is -2.06. The van der Waals surface area contributed by atoms with Gasteiger partial charge in [-0.15, -0.1) is 0 Å². The Bertz CT molecular complexity index is 646. The van der Waals surface area contributed by atoms with Crippen molar-refractivity contribution >= 4 is 43.2 Å². The van der Waals surface area contributed by atoms with Gasteiger partial charge in [-0.05, 0) is 12.8 Å². The van der Waals surface area contributed by atoms with Gasteiger partial charge in [-0.3, -0.25) is 0 Å². The summed E-state index contributed by atoms with van der Waals surface area (Å²) in [5.41, 5.74) is 0. The van der Waals surface area contributed by atoms with Crippen molar-refractivity contribution in [2.75, 3.05) is 11.5 Å². The molecular formula is C16H28O4S4. The predicted octanol–water partition coefficient (Wildman–Crippen LogP) is 5.05. The third-order valence-corrected chi connectivity index (χ3v) is 10.1. The summed E-state index contributed by atoms with van der Waals surface area (Å²) in [6.45, 7) is 4.17. The van der Waals surface area contributed by atoms with E-state index < -0.39 is 19.7 Å².